The van der Waals surface area contributed by atoms with Gasteiger partial charge < -0.3 is 14.6 Å². The van der Waals surface area contributed by atoms with Crippen molar-refractivity contribution in [2.24, 2.45) is 7.05 Å². The number of hydrogen-bond donors (Lipinski definition) is 1. The SMILES string of the molecule is CCOCCCNC(=O)CSc1nnc2c3cc(F)ccc3n(C)c2n1. The molecule has 0 radical (unpaired) electrons. The average Bonchev–Trinajstić information content (AvgIpc) is 2.91. The summed E-state index contributed by atoms with van der Waals surface area (Å²) in [4.78, 5) is 16.3. The Labute approximate surface area is 154 Å². The van der Waals surface area contributed by atoms with E-state index in [-0.39, 0.29) is 17.5 Å². The van der Waals surface area contributed by atoms with Crippen molar-refractivity contribution in [1.82, 2.24) is 25.1 Å². The molecule has 0 atom stereocenters. The van der Waals surface area contributed by atoms with Crippen LogP contribution in [-0.2, 0) is 16.6 Å². The molecule has 2 heterocycles. The zero-order valence-electron chi connectivity index (χ0n) is 14.7. The lowest BCUT2D eigenvalue weighted by Crippen LogP contribution is -2.27. The molecule has 138 valence electrons. The number of carbonyl (C=O) groups is 1. The normalized spacial score (nSPS) is 11.3. The Kier molecular flexibility index (Phi) is 6.00. The summed E-state index contributed by atoms with van der Waals surface area (Å²) in [5, 5.41) is 12.1. The van der Waals surface area contributed by atoms with E-state index >= 15 is 0 Å². The van der Waals surface area contributed by atoms with Crippen LogP contribution in [0.3, 0.4) is 0 Å². The fourth-order valence-corrected chi connectivity index (χ4v) is 3.22. The van der Waals surface area contributed by atoms with E-state index in [1.807, 2.05) is 18.5 Å². The molecule has 0 aliphatic heterocycles. The number of halogens is 1. The topological polar surface area (TPSA) is 81.9 Å². The van der Waals surface area contributed by atoms with Gasteiger partial charge in [-0.25, -0.2) is 9.37 Å². The average molecular weight is 377 g/mol. The predicted octanol–water partition coefficient (Wildman–Crippen LogP) is 2.29. The molecule has 26 heavy (non-hydrogen) atoms. The van der Waals surface area contributed by atoms with Gasteiger partial charge in [0.2, 0.25) is 11.1 Å². The quantitative estimate of drug-likeness (QED) is 0.479. The number of aryl methyl sites for hydroxylation is 1. The Hall–Kier alpha value is -2.26. The number of thioether (sulfide) groups is 1. The fourth-order valence-electron chi connectivity index (χ4n) is 2.60. The highest BCUT2D eigenvalue weighted by Crippen LogP contribution is 2.26. The zero-order chi connectivity index (χ0) is 18.5. The summed E-state index contributed by atoms with van der Waals surface area (Å²) in [6, 6.07) is 4.52. The summed E-state index contributed by atoms with van der Waals surface area (Å²) in [7, 11) is 1.84. The van der Waals surface area contributed by atoms with Gasteiger partial charge in [-0.15, -0.1) is 10.2 Å². The molecule has 0 spiro atoms. The zero-order valence-corrected chi connectivity index (χ0v) is 15.5. The van der Waals surface area contributed by atoms with E-state index in [0.29, 0.717) is 41.5 Å². The molecule has 0 bridgehead atoms. The van der Waals surface area contributed by atoms with E-state index in [1.54, 1.807) is 6.07 Å². The second-order valence-electron chi connectivity index (χ2n) is 5.68. The number of fused-ring (bicyclic) bond motifs is 3. The maximum absolute atomic E-state index is 13.5. The van der Waals surface area contributed by atoms with Crippen molar-refractivity contribution in [3.8, 4) is 0 Å². The van der Waals surface area contributed by atoms with Gasteiger partial charge in [0.1, 0.15) is 11.3 Å². The van der Waals surface area contributed by atoms with Gasteiger partial charge in [0.15, 0.2) is 5.65 Å². The molecule has 1 N–H and O–H groups in total. The maximum Gasteiger partial charge on any atom is 0.230 e. The molecule has 3 aromatic rings. The molecule has 2 aromatic heterocycles. The molecule has 0 unspecified atom stereocenters. The largest absolute Gasteiger partial charge is 0.382 e. The van der Waals surface area contributed by atoms with Crippen LogP contribution in [0.15, 0.2) is 23.4 Å². The van der Waals surface area contributed by atoms with Gasteiger partial charge >= 0.3 is 0 Å². The van der Waals surface area contributed by atoms with Gasteiger partial charge in [0.25, 0.3) is 0 Å². The second kappa shape index (κ2) is 8.41. The molecule has 0 aliphatic rings. The van der Waals surface area contributed by atoms with Gasteiger partial charge in [0, 0.05) is 32.2 Å². The van der Waals surface area contributed by atoms with Crippen LogP contribution in [0, 0.1) is 5.82 Å². The van der Waals surface area contributed by atoms with E-state index in [1.165, 1.54) is 23.9 Å². The Balaban J connectivity index is 1.65. The number of nitrogens with one attached hydrogen (secondary N) is 1. The third kappa shape index (κ3) is 4.10. The first kappa shape index (κ1) is 18.5. The van der Waals surface area contributed by atoms with E-state index in [0.717, 1.165) is 11.9 Å². The minimum atomic E-state index is -0.328. The minimum Gasteiger partial charge on any atom is -0.382 e. The number of ether oxygens (including phenoxy) is 1. The lowest BCUT2D eigenvalue weighted by Gasteiger charge is -2.04. The summed E-state index contributed by atoms with van der Waals surface area (Å²) < 4.78 is 20.6. The molecule has 1 amide bonds. The van der Waals surface area contributed by atoms with E-state index < -0.39 is 0 Å². The lowest BCUT2D eigenvalue weighted by atomic mass is 10.2. The summed E-state index contributed by atoms with van der Waals surface area (Å²) >= 11 is 1.22. The van der Waals surface area contributed by atoms with Crippen LogP contribution in [-0.4, -0.2) is 51.2 Å². The van der Waals surface area contributed by atoms with E-state index in [2.05, 4.69) is 20.5 Å². The number of benzene rings is 1. The highest BCUT2D eigenvalue weighted by molar-refractivity contribution is 7.99. The van der Waals surface area contributed by atoms with Crippen LogP contribution >= 0.6 is 11.8 Å². The van der Waals surface area contributed by atoms with Crippen molar-refractivity contribution in [2.75, 3.05) is 25.5 Å². The summed E-state index contributed by atoms with van der Waals surface area (Å²) in [5.41, 5.74) is 1.99. The van der Waals surface area contributed by atoms with Crippen LogP contribution in [0.1, 0.15) is 13.3 Å². The molecule has 1 aromatic carbocycles. The monoisotopic (exact) mass is 377 g/mol. The van der Waals surface area contributed by atoms with E-state index in [9.17, 15) is 9.18 Å². The van der Waals surface area contributed by atoms with Crippen LogP contribution in [0.5, 0.6) is 0 Å². The highest BCUT2D eigenvalue weighted by atomic mass is 32.2. The third-order valence-corrected chi connectivity index (χ3v) is 4.70. The van der Waals surface area contributed by atoms with Crippen LogP contribution in [0.25, 0.3) is 22.1 Å². The summed E-state index contributed by atoms with van der Waals surface area (Å²) in [6.45, 7) is 3.82. The molecule has 0 saturated heterocycles. The Bertz CT molecular complexity index is 930. The maximum atomic E-state index is 13.5. The number of aromatic nitrogens is 4. The smallest absolute Gasteiger partial charge is 0.230 e. The van der Waals surface area contributed by atoms with Crippen LogP contribution < -0.4 is 5.32 Å². The first-order chi connectivity index (χ1) is 12.6. The molecule has 3 rings (SSSR count). The number of hydrogen-bond acceptors (Lipinski definition) is 6. The summed E-state index contributed by atoms with van der Waals surface area (Å²) in [5.74, 6) is -0.207. The first-order valence-electron chi connectivity index (χ1n) is 8.35. The Morgan fingerprint density at radius 2 is 2.23 bits per heavy atom. The Morgan fingerprint density at radius 3 is 3.04 bits per heavy atom. The van der Waals surface area contributed by atoms with Gasteiger partial charge in [-0.3, -0.25) is 4.79 Å². The van der Waals surface area contributed by atoms with Crippen molar-refractivity contribution in [3.05, 3.63) is 24.0 Å². The molecular formula is C17H20FN5O2S. The predicted molar refractivity (Wildman–Crippen MR) is 98.6 cm³/mol. The fraction of sp³-hybridized carbons (Fsp3) is 0.412. The molecule has 0 saturated carbocycles. The van der Waals surface area contributed by atoms with Crippen molar-refractivity contribution >= 4 is 39.7 Å². The van der Waals surface area contributed by atoms with Crippen molar-refractivity contribution in [2.45, 2.75) is 18.5 Å². The van der Waals surface area contributed by atoms with Gasteiger partial charge in [-0.2, -0.15) is 0 Å². The van der Waals surface area contributed by atoms with Gasteiger partial charge in [0.05, 0.1) is 11.3 Å². The third-order valence-electron chi connectivity index (χ3n) is 3.87. The van der Waals surface area contributed by atoms with Crippen molar-refractivity contribution < 1.29 is 13.9 Å². The number of carbonyl (C=O) groups excluding carboxylic acids is 1. The number of amides is 1. The molecule has 9 heteroatoms. The van der Waals surface area contributed by atoms with Gasteiger partial charge in [-0.05, 0) is 31.5 Å². The summed E-state index contributed by atoms with van der Waals surface area (Å²) in [6.07, 6.45) is 0.779. The minimum absolute atomic E-state index is 0.0886. The van der Waals surface area contributed by atoms with Crippen molar-refractivity contribution in [1.29, 1.82) is 0 Å². The molecule has 0 aliphatic carbocycles. The molecular weight excluding hydrogens is 357 g/mol. The number of nitrogens with zero attached hydrogens (tertiary/aromatic N) is 4. The van der Waals surface area contributed by atoms with Crippen molar-refractivity contribution in [3.63, 3.8) is 0 Å². The first-order valence-corrected chi connectivity index (χ1v) is 9.34. The molecule has 0 fully saturated rings. The van der Waals surface area contributed by atoms with Crippen LogP contribution in [0.2, 0.25) is 0 Å². The molecule has 7 nitrogen and oxygen atoms in total. The number of rotatable bonds is 8. The highest BCUT2D eigenvalue weighted by Gasteiger charge is 2.14. The standard InChI is InChI=1S/C17H20FN5O2S/c1-3-25-8-4-7-19-14(24)10-26-17-20-16-15(21-22-17)12-9-11(18)5-6-13(12)23(16)2/h5-6,9H,3-4,7-8,10H2,1-2H3,(H,19,24). The lowest BCUT2D eigenvalue weighted by molar-refractivity contribution is -0.118. The van der Waals surface area contributed by atoms with E-state index in [4.69, 9.17) is 4.74 Å². The Morgan fingerprint density at radius 1 is 1.38 bits per heavy atom. The van der Waals surface area contributed by atoms with Crippen LogP contribution in [0.4, 0.5) is 4.39 Å². The second-order valence-corrected chi connectivity index (χ2v) is 6.62. The van der Waals surface area contributed by atoms with Gasteiger partial charge in [-0.1, -0.05) is 11.8 Å².